The summed E-state index contributed by atoms with van der Waals surface area (Å²) in [6, 6.07) is 19.8. The lowest BCUT2D eigenvalue weighted by Crippen LogP contribution is -2.49. The molecule has 0 bridgehead atoms. The molecular formula is C46H52FN9O5. The number of hydrogen-bond acceptors (Lipinski definition) is 10. The number of aromatic nitrogens is 3. The van der Waals surface area contributed by atoms with Crippen molar-refractivity contribution < 1.29 is 28.6 Å². The number of fused-ring (bicyclic) bond motifs is 1. The first-order chi connectivity index (χ1) is 29.5. The van der Waals surface area contributed by atoms with Crippen LogP contribution in [0.1, 0.15) is 72.7 Å². The molecule has 4 N–H and O–H groups in total. The number of carbonyl (C=O) groups is 3. The van der Waals surface area contributed by atoms with Crippen molar-refractivity contribution in [3.8, 4) is 17.0 Å². The van der Waals surface area contributed by atoms with E-state index in [0.717, 1.165) is 80.7 Å². The highest BCUT2D eigenvalue weighted by Crippen LogP contribution is 2.37. The van der Waals surface area contributed by atoms with Crippen molar-refractivity contribution in [1.82, 2.24) is 29.9 Å². The predicted octanol–water partition coefficient (Wildman–Crippen LogP) is 6.44. The van der Waals surface area contributed by atoms with Crippen LogP contribution in [0.4, 0.5) is 26.4 Å². The summed E-state index contributed by atoms with van der Waals surface area (Å²) in [5.41, 5.74) is 11.9. The second kappa shape index (κ2) is 16.8. The monoisotopic (exact) mass is 829 g/mol. The van der Waals surface area contributed by atoms with Crippen LogP contribution >= 0.6 is 0 Å². The molecule has 9 rings (SSSR count). The van der Waals surface area contributed by atoms with Gasteiger partial charge in [0.15, 0.2) is 11.6 Å². The van der Waals surface area contributed by atoms with Crippen molar-refractivity contribution in [3.05, 3.63) is 95.4 Å². The minimum absolute atomic E-state index is 0.0533. The fourth-order valence-corrected chi connectivity index (χ4v) is 9.71. The Hall–Kier alpha value is -6.06. The number of imide groups is 1. The van der Waals surface area contributed by atoms with E-state index >= 15 is 4.39 Å². The molecule has 318 valence electrons. The molecule has 0 aliphatic carbocycles. The molecule has 0 unspecified atom stereocenters. The van der Waals surface area contributed by atoms with Crippen LogP contribution in [0, 0.1) is 18.7 Å². The highest BCUT2D eigenvalue weighted by Gasteiger charge is 2.32. The second-order valence-corrected chi connectivity index (χ2v) is 17.0. The van der Waals surface area contributed by atoms with Crippen LogP contribution in [0.3, 0.4) is 0 Å². The maximum absolute atomic E-state index is 15.7. The van der Waals surface area contributed by atoms with Gasteiger partial charge in [0.2, 0.25) is 5.91 Å². The first-order valence-electron chi connectivity index (χ1n) is 21.3. The number of nitrogens with two attached hydrogens (primary N) is 1. The summed E-state index contributed by atoms with van der Waals surface area (Å²) in [4.78, 5) is 45.7. The van der Waals surface area contributed by atoms with Crippen LogP contribution < -0.4 is 20.9 Å². The summed E-state index contributed by atoms with van der Waals surface area (Å²) in [5.74, 6) is 0.205. The molecule has 5 aromatic rings. The largest absolute Gasteiger partial charge is 0.507 e. The molecule has 0 saturated carbocycles. The molecule has 6 heterocycles. The van der Waals surface area contributed by atoms with E-state index in [2.05, 4.69) is 29.9 Å². The fraction of sp³-hybridized carbons (Fsp3) is 0.413. The van der Waals surface area contributed by atoms with E-state index in [1.165, 1.54) is 4.90 Å². The van der Waals surface area contributed by atoms with Crippen LogP contribution in [0.2, 0.25) is 0 Å². The van der Waals surface area contributed by atoms with Gasteiger partial charge in [-0.3, -0.25) is 19.8 Å². The number of likely N-dealkylation sites (tertiary alicyclic amines) is 2. The first kappa shape index (κ1) is 40.4. The zero-order valence-electron chi connectivity index (χ0n) is 34.6. The van der Waals surface area contributed by atoms with Crippen molar-refractivity contribution in [2.24, 2.45) is 5.92 Å². The minimum atomic E-state index is -0.594. The van der Waals surface area contributed by atoms with Crippen LogP contribution in [-0.4, -0.2) is 106 Å². The van der Waals surface area contributed by atoms with Gasteiger partial charge < -0.3 is 34.8 Å². The summed E-state index contributed by atoms with van der Waals surface area (Å²) in [6.45, 7) is 9.71. The number of nitrogen functional groups attached to an aromatic ring is 1. The third-order valence-electron chi connectivity index (χ3n) is 13.0. The van der Waals surface area contributed by atoms with E-state index in [9.17, 15) is 19.5 Å². The van der Waals surface area contributed by atoms with E-state index in [4.69, 9.17) is 10.5 Å². The number of ether oxygens (including phenoxy) is 1. The lowest BCUT2D eigenvalue weighted by atomic mass is 9.93. The third kappa shape index (κ3) is 8.11. The number of aromatic hydroxyl groups is 1. The highest BCUT2D eigenvalue weighted by atomic mass is 19.1. The van der Waals surface area contributed by atoms with Crippen molar-refractivity contribution in [3.63, 3.8) is 0 Å². The van der Waals surface area contributed by atoms with E-state index in [-0.39, 0.29) is 54.5 Å². The number of piperidine rings is 2. The normalized spacial score (nSPS) is 21.0. The van der Waals surface area contributed by atoms with Crippen LogP contribution in [0.15, 0.2) is 72.9 Å². The van der Waals surface area contributed by atoms with E-state index in [0.29, 0.717) is 47.0 Å². The van der Waals surface area contributed by atoms with Crippen LogP contribution in [0.25, 0.3) is 22.2 Å². The average molecular weight is 830 g/mol. The number of hydrogen-bond donors (Lipinski definition) is 3. The van der Waals surface area contributed by atoms with Crippen molar-refractivity contribution in [1.29, 1.82) is 0 Å². The third-order valence-corrected chi connectivity index (χ3v) is 13.0. The molecule has 4 aliphatic rings. The number of carbonyl (C=O) groups excluding carboxylic acids is 3. The Kier molecular flexibility index (Phi) is 11.1. The highest BCUT2D eigenvalue weighted by molar-refractivity contribution is 6.06. The fourth-order valence-electron chi connectivity index (χ4n) is 9.71. The zero-order chi connectivity index (χ0) is 42.4. The number of amides is 4. The number of nitrogens with one attached hydrogen (secondary N) is 1. The van der Waals surface area contributed by atoms with Gasteiger partial charge in [0, 0.05) is 87.5 Å². The summed E-state index contributed by atoms with van der Waals surface area (Å²) < 4.78 is 24.3. The number of urea groups is 1. The van der Waals surface area contributed by atoms with E-state index in [1.54, 1.807) is 30.3 Å². The molecular weight excluding hydrogens is 778 g/mol. The van der Waals surface area contributed by atoms with Gasteiger partial charge in [-0.1, -0.05) is 18.2 Å². The number of aryl methyl sites for hydroxylation is 1. The Labute approximate surface area is 354 Å². The number of nitrogens with zero attached hydrogens (tertiary/aromatic N) is 7. The maximum Gasteiger partial charge on any atom is 0.328 e. The Bertz CT molecular complexity index is 2480. The molecule has 14 nitrogen and oxygen atoms in total. The van der Waals surface area contributed by atoms with Gasteiger partial charge >= 0.3 is 6.03 Å². The Morgan fingerprint density at radius 3 is 2.48 bits per heavy atom. The summed E-state index contributed by atoms with van der Waals surface area (Å²) in [6.07, 6.45) is 5.56. The minimum Gasteiger partial charge on any atom is -0.507 e. The zero-order valence-corrected chi connectivity index (χ0v) is 34.6. The van der Waals surface area contributed by atoms with E-state index < -0.39 is 11.8 Å². The lowest BCUT2D eigenvalue weighted by Gasteiger charge is -2.39. The second-order valence-electron chi connectivity index (χ2n) is 17.0. The van der Waals surface area contributed by atoms with Crippen molar-refractivity contribution >= 4 is 45.9 Å². The molecule has 3 aromatic carbocycles. The molecule has 4 amide bonds. The molecule has 4 aliphatic heterocycles. The molecule has 2 aromatic heterocycles. The quantitative estimate of drug-likeness (QED) is 0.159. The Balaban J connectivity index is 0.775. The molecule has 15 heteroatoms. The SMILES string of the molecule is Cc1cc(C(=O)N2CCC(CN3CCC(n4ccc5c(F)c(N6CCC(=O)NC6=O)ccc54)CC3)CC2)ccc1[C@@H]1CN(c2cc(-c3ccccc3O)nnc2N)C[C@H](C)O1. The molecule has 0 radical (unpaired) electrons. The number of benzene rings is 3. The summed E-state index contributed by atoms with van der Waals surface area (Å²) in [7, 11) is 0. The summed E-state index contributed by atoms with van der Waals surface area (Å²) in [5, 5.41) is 21.7. The van der Waals surface area contributed by atoms with Gasteiger partial charge in [-0.25, -0.2) is 9.18 Å². The van der Waals surface area contributed by atoms with Gasteiger partial charge in [-0.2, -0.15) is 0 Å². The number of rotatable bonds is 8. The van der Waals surface area contributed by atoms with Crippen molar-refractivity contribution in [2.45, 2.75) is 64.2 Å². The van der Waals surface area contributed by atoms with Gasteiger partial charge in [0.25, 0.3) is 5.91 Å². The Morgan fingerprint density at radius 1 is 0.934 bits per heavy atom. The number of anilines is 3. The predicted molar refractivity (Wildman–Crippen MR) is 231 cm³/mol. The topological polar surface area (TPSA) is 162 Å². The van der Waals surface area contributed by atoms with Crippen LogP contribution in [0.5, 0.6) is 5.75 Å². The molecule has 2 atom stereocenters. The number of phenolic OH excluding ortho intramolecular Hbond substituents is 1. The smallest absolute Gasteiger partial charge is 0.328 e. The number of morpholine rings is 1. The number of para-hydroxylation sites is 1. The van der Waals surface area contributed by atoms with Gasteiger partial charge in [0.05, 0.1) is 28.7 Å². The number of phenols is 1. The Morgan fingerprint density at radius 2 is 1.72 bits per heavy atom. The van der Waals surface area contributed by atoms with E-state index in [1.807, 2.05) is 61.3 Å². The van der Waals surface area contributed by atoms with Gasteiger partial charge in [-0.05, 0) is 105 Å². The average Bonchev–Trinajstić information content (AvgIpc) is 3.70. The molecule has 4 fully saturated rings. The van der Waals surface area contributed by atoms with Gasteiger partial charge in [-0.15, -0.1) is 10.2 Å². The maximum atomic E-state index is 15.7. The molecule has 61 heavy (non-hydrogen) atoms. The van der Waals surface area contributed by atoms with Crippen LogP contribution in [-0.2, 0) is 9.53 Å². The molecule has 0 spiro atoms. The lowest BCUT2D eigenvalue weighted by molar-refractivity contribution is -0.120. The standard InChI is InChI=1S/C46H52FN9O5/c1-28-23-31(7-8-33(28)41-27-54(25-29(2)61-41)39-24-36(50-51-44(39)48)34-5-3-4-6-40(34)57)45(59)53-19-11-30(12-20-53)26-52-17-13-32(14-18-52)55-21-15-35-37(55)9-10-38(43(35)47)56-22-16-42(58)49-46(56)60/h3-10,15,21,23-24,29-30,32,41,57H,11-14,16-20,22,25-27H2,1-2H3,(H2,48,51)(H,49,58,60)/t29-,41-/m0/s1. The van der Waals surface area contributed by atoms with Crippen molar-refractivity contribution in [2.75, 3.05) is 67.9 Å². The summed E-state index contributed by atoms with van der Waals surface area (Å²) >= 11 is 0. The molecule has 4 saturated heterocycles. The number of halogens is 1. The first-order valence-corrected chi connectivity index (χ1v) is 21.3. The van der Waals surface area contributed by atoms with Gasteiger partial charge in [0.1, 0.15) is 11.9 Å².